The Morgan fingerprint density at radius 2 is 1.71 bits per heavy atom. The molecule has 0 aromatic heterocycles. The first-order chi connectivity index (χ1) is 8.18. The molecule has 0 saturated carbocycles. The molecule has 2 fully saturated rings. The molecule has 17 heavy (non-hydrogen) atoms. The van der Waals surface area contributed by atoms with Gasteiger partial charge in [0, 0.05) is 31.2 Å². The third-order valence-electron chi connectivity index (χ3n) is 4.96. The predicted octanol–water partition coefficient (Wildman–Crippen LogP) is 2.32. The van der Waals surface area contributed by atoms with Gasteiger partial charge in [0.05, 0.1) is 25.2 Å². The van der Waals surface area contributed by atoms with Gasteiger partial charge >= 0.3 is 0 Å². The van der Waals surface area contributed by atoms with Crippen molar-refractivity contribution in [3.8, 4) is 0 Å². The van der Waals surface area contributed by atoms with Crippen LogP contribution in [0.2, 0.25) is 0 Å². The molecule has 92 valence electrons. The second-order valence-corrected chi connectivity index (χ2v) is 6.00. The van der Waals surface area contributed by atoms with Gasteiger partial charge in [-0.25, -0.2) is 0 Å². The third kappa shape index (κ3) is 1.90. The Labute approximate surface area is 103 Å². The van der Waals surface area contributed by atoms with Gasteiger partial charge in [-0.15, -0.1) is 0 Å². The largest absolute Gasteiger partial charge is 0.393 e. The molecule has 2 heteroatoms. The Bertz CT molecular complexity index is 375. The molecule has 2 aliphatic rings. The summed E-state index contributed by atoms with van der Waals surface area (Å²) in [6, 6.07) is 12.1. The minimum Gasteiger partial charge on any atom is -0.393 e. The van der Waals surface area contributed by atoms with Crippen LogP contribution in [0.4, 0.5) is 0 Å². The first kappa shape index (κ1) is 11.2. The van der Waals surface area contributed by atoms with E-state index in [1.54, 1.807) is 0 Å². The Hall–Kier alpha value is -0.860. The Morgan fingerprint density at radius 1 is 1.12 bits per heavy atom. The molecule has 1 aromatic carbocycles. The first-order valence-electron chi connectivity index (χ1n) is 6.75. The van der Waals surface area contributed by atoms with E-state index in [2.05, 4.69) is 37.4 Å². The number of hydrogen-bond donors (Lipinski definition) is 1. The van der Waals surface area contributed by atoms with Crippen molar-refractivity contribution in [1.29, 1.82) is 0 Å². The fourth-order valence-corrected chi connectivity index (χ4v) is 3.95. The number of aliphatic hydroxyl groups excluding tert-OH is 1. The summed E-state index contributed by atoms with van der Waals surface area (Å²) in [5.74, 6) is 0. The maximum absolute atomic E-state index is 9.88. The lowest BCUT2D eigenvalue weighted by molar-refractivity contribution is -0.961. The molecule has 3 rings (SSSR count). The number of piperidine rings is 1. The highest BCUT2D eigenvalue weighted by molar-refractivity contribution is 5.13. The molecule has 2 aliphatic heterocycles. The number of nitrogens with zero attached hydrogens (tertiary/aromatic N) is 1. The summed E-state index contributed by atoms with van der Waals surface area (Å²) in [6.45, 7) is 1.13. The normalized spacial score (nSPS) is 40.5. The van der Waals surface area contributed by atoms with Crippen LogP contribution in [0, 0.1) is 0 Å². The number of hydrogen-bond acceptors (Lipinski definition) is 1. The van der Waals surface area contributed by atoms with E-state index in [0.717, 1.165) is 23.9 Å². The molecule has 2 nitrogen and oxygen atoms in total. The zero-order valence-electron chi connectivity index (χ0n) is 10.5. The lowest BCUT2D eigenvalue weighted by atomic mass is 9.96. The fraction of sp³-hybridized carbons (Fsp3) is 0.600. The van der Waals surface area contributed by atoms with Crippen molar-refractivity contribution in [2.24, 2.45) is 0 Å². The molecule has 1 aromatic rings. The van der Waals surface area contributed by atoms with E-state index in [9.17, 15) is 5.11 Å². The molecule has 0 amide bonds. The van der Waals surface area contributed by atoms with E-state index in [-0.39, 0.29) is 6.10 Å². The fourth-order valence-electron chi connectivity index (χ4n) is 3.95. The van der Waals surface area contributed by atoms with Crippen LogP contribution in [-0.2, 0) is 6.54 Å². The maximum Gasteiger partial charge on any atom is 0.105 e. The molecule has 0 spiro atoms. The maximum atomic E-state index is 9.88. The number of aliphatic hydroxyl groups is 1. The van der Waals surface area contributed by atoms with Crippen LogP contribution in [0.15, 0.2) is 30.3 Å². The standard InChI is InChI=1S/C15H22NO/c1-16(11-12-5-3-2-4-6-12)13-7-8-14(16)10-15(17)9-13/h2-6,13-15,17H,7-11H2,1H3/q+1/t13-,14+,15?,16?. The summed E-state index contributed by atoms with van der Waals surface area (Å²) < 4.78 is 1.15. The van der Waals surface area contributed by atoms with Gasteiger partial charge in [0.1, 0.15) is 6.54 Å². The lowest BCUT2D eigenvalue weighted by Gasteiger charge is -2.46. The van der Waals surface area contributed by atoms with Crippen molar-refractivity contribution in [3.63, 3.8) is 0 Å². The van der Waals surface area contributed by atoms with Gasteiger partial charge in [0.25, 0.3) is 0 Å². The molecule has 0 aliphatic carbocycles. The van der Waals surface area contributed by atoms with Crippen LogP contribution in [0.3, 0.4) is 0 Å². The van der Waals surface area contributed by atoms with Gasteiger partial charge in [-0.3, -0.25) is 0 Å². The average molecular weight is 232 g/mol. The van der Waals surface area contributed by atoms with E-state index >= 15 is 0 Å². The van der Waals surface area contributed by atoms with E-state index in [1.807, 2.05) is 0 Å². The molecule has 2 unspecified atom stereocenters. The van der Waals surface area contributed by atoms with Crippen LogP contribution in [0.25, 0.3) is 0 Å². The minimum atomic E-state index is -0.0468. The molecular weight excluding hydrogens is 210 g/mol. The van der Waals surface area contributed by atoms with Gasteiger partial charge in [-0.05, 0) is 0 Å². The number of quaternary nitrogens is 1. The van der Waals surface area contributed by atoms with Crippen LogP contribution in [0.5, 0.6) is 0 Å². The van der Waals surface area contributed by atoms with Crippen LogP contribution in [-0.4, -0.2) is 34.8 Å². The van der Waals surface area contributed by atoms with Crippen molar-refractivity contribution in [3.05, 3.63) is 35.9 Å². The SMILES string of the molecule is C[N+]1(Cc2ccccc2)[C@@H]2CC[C@H]1CC(O)C2. The van der Waals surface area contributed by atoms with Gasteiger partial charge in [-0.1, -0.05) is 30.3 Å². The van der Waals surface area contributed by atoms with Crippen molar-refractivity contribution >= 4 is 0 Å². The quantitative estimate of drug-likeness (QED) is 0.776. The van der Waals surface area contributed by atoms with Gasteiger partial charge in [-0.2, -0.15) is 0 Å². The zero-order chi connectivity index (χ0) is 11.9. The second-order valence-electron chi connectivity index (χ2n) is 6.00. The van der Waals surface area contributed by atoms with E-state index < -0.39 is 0 Å². The van der Waals surface area contributed by atoms with Crippen LogP contribution < -0.4 is 0 Å². The summed E-state index contributed by atoms with van der Waals surface area (Å²) in [5.41, 5.74) is 1.43. The smallest absolute Gasteiger partial charge is 0.105 e. The zero-order valence-corrected chi connectivity index (χ0v) is 10.5. The topological polar surface area (TPSA) is 20.2 Å². The highest BCUT2D eigenvalue weighted by Crippen LogP contribution is 2.42. The van der Waals surface area contributed by atoms with E-state index in [1.165, 1.54) is 18.4 Å². The number of fused-ring (bicyclic) bond motifs is 2. The van der Waals surface area contributed by atoms with Crippen LogP contribution >= 0.6 is 0 Å². The molecule has 2 heterocycles. The summed E-state index contributed by atoms with van der Waals surface area (Å²) in [7, 11) is 2.39. The highest BCUT2D eigenvalue weighted by Gasteiger charge is 2.50. The van der Waals surface area contributed by atoms with E-state index in [4.69, 9.17) is 0 Å². The highest BCUT2D eigenvalue weighted by atomic mass is 16.3. The van der Waals surface area contributed by atoms with Crippen molar-refractivity contribution < 1.29 is 9.59 Å². The van der Waals surface area contributed by atoms with Gasteiger partial charge in [0.15, 0.2) is 0 Å². The minimum absolute atomic E-state index is 0.0468. The molecule has 2 saturated heterocycles. The summed E-state index contributed by atoms with van der Waals surface area (Å²) >= 11 is 0. The molecule has 4 atom stereocenters. The summed E-state index contributed by atoms with van der Waals surface area (Å²) in [5, 5.41) is 9.88. The third-order valence-corrected chi connectivity index (χ3v) is 4.96. The first-order valence-corrected chi connectivity index (χ1v) is 6.75. The van der Waals surface area contributed by atoms with E-state index in [0.29, 0.717) is 12.1 Å². The van der Waals surface area contributed by atoms with Gasteiger partial charge < -0.3 is 9.59 Å². The Balaban J connectivity index is 1.82. The predicted molar refractivity (Wildman–Crippen MR) is 68.4 cm³/mol. The number of rotatable bonds is 2. The van der Waals surface area contributed by atoms with Gasteiger partial charge in [0.2, 0.25) is 0 Å². The van der Waals surface area contributed by atoms with Crippen molar-refractivity contribution in [2.75, 3.05) is 7.05 Å². The molecule has 0 radical (unpaired) electrons. The second kappa shape index (κ2) is 4.11. The van der Waals surface area contributed by atoms with Crippen LogP contribution in [0.1, 0.15) is 31.2 Å². The Morgan fingerprint density at radius 3 is 2.29 bits per heavy atom. The monoisotopic (exact) mass is 232 g/mol. The molecule has 1 N–H and O–H groups in total. The number of benzene rings is 1. The lowest BCUT2D eigenvalue weighted by Crippen LogP contribution is -2.57. The summed E-state index contributed by atoms with van der Waals surface area (Å²) in [6.07, 6.45) is 4.55. The van der Waals surface area contributed by atoms with Crippen molar-refractivity contribution in [1.82, 2.24) is 0 Å². The molecule has 2 bridgehead atoms. The van der Waals surface area contributed by atoms with Crippen molar-refractivity contribution in [2.45, 2.75) is 50.4 Å². The molecular formula is C15H22NO+. The summed E-state index contributed by atoms with van der Waals surface area (Å²) in [4.78, 5) is 0. The Kier molecular flexibility index (Phi) is 2.72. The average Bonchev–Trinajstić information content (AvgIpc) is 2.52.